The quantitative estimate of drug-likeness (QED) is 0.226. The molecule has 4 bridgehead atoms. The third kappa shape index (κ3) is 4.13. The summed E-state index contributed by atoms with van der Waals surface area (Å²) < 4.78 is 53.1. The molecule has 0 spiro atoms. The first-order valence-corrected chi connectivity index (χ1v) is 13.9. The lowest BCUT2D eigenvalue weighted by Gasteiger charge is -2.47. The summed E-state index contributed by atoms with van der Waals surface area (Å²) in [6.45, 7) is 1.92. The molecule has 3 aliphatic heterocycles. The number of ether oxygens (including phenoxy) is 4. The number of rotatable bonds is 8. The van der Waals surface area contributed by atoms with Crippen LogP contribution in [0.15, 0.2) is 0 Å². The highest BCUT2D eigenvalue weighted by atomic mass is 32.2. The lowest BCUT2D eigenvalue weighted by molar-refractivity contribution is -0.179. The van der Waals surface area contributed by atoms with E-state index in [9.17, 15) is 22.8 Å². The maximum atomic E-state index is 13.5. The highest BCUT2D eigenvalue weighted by molar-refractivity contribution is 7.85. The predicted octanol–water partition coefficient (Wildman–Crippen LogP) is 1.65. The van der Waals surface area contributed by atoms with Crippen molar-refractivity contribution in [1.29, 1.82) is 0 Å². The molecule has 5 rings (SSSR count). The molecule has 0 aromatic carbocycles. The van der Waals surface area contributed by atoms with Gasteiger partial charge in [-0.15, -0.1) is 0 Å². The van der Waals surface area contributed by atoms with E-state index < -0.39 is 69.5 Å². The fraction of sp³-hybridized carbons (Fsp3) is 0.870. The summed E-state index contributed by atoms with van der Waals surface area (Å²) in [5.74, 6) is -2.90. The second-order valence-electron chi connectivity index (χ2n) is 10.7. The first-order valence-electron chi connectivity index (χ1n) is 12.3. The fourth-order valence-electron chi connectivity index (χ4n) is 7.06. The van der Waals surface area contributed by atoms with Crippen LogP contribution in [-0.4, -0.2) is 67.7 Å². The highest BCUT2D eigenvalue weighted by Gasteiger charge is 2.72. The van der Waals surface area contributed by atoms with Gasteiger partial charge in [-0.3, -0.25) is 18.9 Å². The van der Waals surface area contributed by atoms with Crippen LogP contribution in [0, 0.1) is 29.1 Å². The Hall–Kier alpha value is -1.72. The van der Waals surface area contributed by atoms with Crippen LogP contribution in [0.2, 0.25) is 0 Å². The topological polar surface area (TPSA) is 142 Å². The summed E-state index contributed by atoms with van der Waals surface area (Å²) in [6, 6.07) is 0. The zero-order valence-corrected chi connectivity index (χ0v) is 20.0. The molecule has 2 aliphatic carbocycles. The van der Waals surface area contributed by atoms with Crippen molar-refractivity contribution in [3.8, 4) is 0 Å². The summed E-state index contributed by atoms with van der Waals surface area (Å²) in [4.78, 5) is 38.9. The lowest BCUT2D eigenvalue weighted by atomic mass is 9.58. The SMILES string of the molecule is CCC1CC2CCCC(C(=O)OC3C4OC(=O)C5C4OC3C5C(=O)OCCCS(=O)(=O)O)(C1)C2. The third-order valence-corrected chi connectivity index (χ3v) is 9.32. The van der Waals surface area contributed by atoms with Crippen LogP contribution in [-0.2, 0) is 43.4 Å². The van der Waals surface area contributed by atoms with Crippen LogP contribution in [0.4, 0.5) is 0 Å². The zero-order chi connectivity index (χ0) is 24.3. The molecule has 9 unspecified atom stereocenters. The molecule has 2 saturated carbocycles. The zero-order valence-electron chi connectivity index (χ0n) is 19.2. The molecule has 0 radical (unpaired) electrons. The van der Waals surface area contributed by atoms with Crippen LogP contribution in [0.25, 0.3) is 0 Å². The molecule has 190 valence electrons. The predicted molar refractivity (Wildman–Crippen MR) is 115 cm³/mol. The Bertz CT molecular complexity index is 963. The second-order valence-corrected chi connectivity index (χ2v) is 12.2. The van der Waals surface area contributed by atoms with Gasteiger partial charge in [-0.25, -0.2) is 0 Å². The Morgan fingerprint density at radius 3 is 2.74 bits per heavy atom. The minimum Gasteiger partial charge on any atom is -0.465 e. The van der Waals surface area contributed by atoms with Crippen molar-refractivity contribution >= 4 is 28.0 Å². The van der Waals surface area contributed by atoms with Crippen molar-refractivity contribution < 1.29 is 46.3 Å². The van der Waals surface area contributed by atoms with Crippen molar-refractivity contribution in [3.05, 3.63) is 0 Å². The van der Waals surface area contributed by atoms with Gasteiger partial charge in [-0.1, -0.05) is 26.2 Å². The van der Waals surface area contributed by atoms with E-state index in [1.165, 1.54) is 0 Å². The van der Waals surface area contributed by atoms with E-state index in [4.69, 9.17) is 23.5 Å². The highest BCUT2D eigenvalue weighted by Crippen LogP contribution is 2.55. The van der Waals surface area contributed by atoms with Crippen molar-refractivity contribution in [2.75, 3.05) is 12.4 Å². The number of hydrogen-bond donors (Lipinski definition) is 1. The summed E-state index contributed by atoms with van der Waals surface area (Å²) in [6.07, 6.45) is 3.51. The first-order chi connectivity index (χ1) is 16.1. The first kappa shape index (κ1) is 24.0. The monoisotopic (exact) mass is 500 g/mol. The third-order valence-electron chi connectivity index (χ3n) is 8.51. The van der Waals surface area contributed by atoms with E-state index in [0.29, 0.717) is 11.8 Å². The minimum atomic E-state index is -4.16. The molecule has 11 heteroatoms. The van der Waals surface area contributed by atoms with Crippen molar-refractivity contribution in [1.82, 2.24) is 0 Å². The molecule has 34 heavy (non-hydrogen) atoms. The van der Waals surface area contributed by atoms with Crippen molar-refractivity contribution in [2.24, 2.45) is 29.1 Å². The number of hydrogen-bond acceptors (Lipinski definition) is 9. The molecule has 0 amide bonds. The maximum absolute atomic E-state index is 13.5. The van der Waals surface area contributed by atoms with Gasteiger partial charge in [0.1, 0.15) is 24.0 Å². The van der Waals surface area contributed by atoms with E-state index in [1.54, 1.807) is 0 Å². The standard InChI is InChI=1S/C23H32O10S/c1-2-12-9-13-5-3-6-23(10-12,11-13)22(26)33-19-16-14(15-17(31-16)18(19)32-21(15)25)20(24)30-7-4-8-34(27,28)29/h12-19H,2-11H2,1H3,(H,27,28,29). The van der Waals surface area contributed by atoms with Gasteiger partial charge >= 0.3 is 17.9 Å². The Labute approximate surface area is 198 Å². The van der Waals surface area contributed by atoms with E-state index in [0.717, 1.165) is 44.9 Å². The van der Waals surface area contributed by atoms with Gasteiger partial charge in [0.05, 0.1) is 17.8 Å². The second kappa shape index (κ2) is 8.74. The minimum absolute atomic E-state index is 0.0787. The summed E-state index contributed by atoms with van der Waals surface area (Å²) in [7, 11) is -4.16. The van der Waals surface area contributed by atoms with Crippen molar-refractivity contribution in [3.63, 3.8) is 0 Å². The molecule has 0 aromatic heterocycles. The number of carbonyl (C=O) groups excluding carboxylic acids is 3. The Balaban J connectivity index is 1.28. The summed E-state index contributed by atoms with van der Waals surface area (Å²) >= 11 is 0. The number of carbonyl (C=O) groups is 3. The Kier molecular flexibility index (Phi) is 6.17. The van der Waals surface area contributed by atoms with Gasteiger partial charge in [-0.05, 0) is 43.9 Å². The van der Waals surface area contributed by atoms with Crippen LogP contribution < -0.4 is 0 Å². The van der Waals surface area contributed by atoms with Gasteiger partial charge in [0, 0.05) is 0 Å². The molecule has 0 aromatic rings. The van der Waals surface area contributed by atoms with Crippen LogP contribution >= 0.6 is 0 Å². The fourth-order valence-corrected chi connectivity index (χ4v) is 7.54. The molecule has 10 nitrogen and oxygen atoms in total. The van der Waals surface area contributed by atoms with Crippen LogP contribution in [0.3, 0.4) is 0 Å². The molecule has 1 N–H and O–H groups in total. The van der Waals surface area contributed by atoms with E-state index >= 15 is 0 Å². The largest absolute Gasteiger partial charge is 0.465 e. The Morgan fingerprint density at radius 1 is 1.21 bits per heavy atom. The average molecular weight is 501 g/mol. The molecular formula is C23H32O10S. The smallest absolute Gasteiger partial charge is 0.313 e. The van der Waals surface area contributed by atoms with Gasteiger partial charge in [0.2, 0.25) is 0 Å². The summed E-state index contributed by atoms with van der Waals surface area (Å²) in [5.41, 5.74) is -0.530. The molecule has 9 atom stereocenters. The van der Waals surface area contributed by atoms with E-state index in [-0.39, 0.29) is 19.0 Å². The normalized spacial score (nSPS) is 42.4. The molecule has 3 saturated heterocycles. The maximum Gasteiger partial charge on any atom is 0.313 e. The van der Waals surface area contributed by atoms with Gasteiger partial charge in [0.15, 0.2) is 12.2 Å². The van der Waals surface area contributed by atoms with Gasteiger partial charge < -0.3 is 18.9 Å². The number of fused-ring (bicyclic) bond motifs is 3. The van der Waals surface area contributed by atoms with Gasteiger partial charge in [0.25, 0.3) is 10.1 Å². The lowest BCUT2D eigenvalue weighted by Crippen LogP contribution is -2.51. The molecule has 5 aliphatic rings. The Morgan fingerprint density at radius 2 is 2.00 bits per heavy atom. The van der Waals surface area contributed by atoms with Crippen LogP contribution in [0.5, 0.6) is 0 Å². The average Bonchev–Trinajstić information content (AvgIpc) is 3.39. The molecular weight excluding hydrogens is 468 g/mol. The van der Waals surface area contributed by atoms with Gasteiger partial charge in [-0.2, -0.15) is 8.42 Å². The molecule has 5 fully saturated rings. The molecule has 3 heterocycles. The van der Waals surface area contributed by atoms with Crippen molar-refractivity contribution in [2.45, 2.75) is 82.7 Å². The van der Waals surface area contributed by atoms with E-state index in [1.807, 2.05) is 0 Å². The van der Waals surface area contributed by atoms with E-state index in [2.05, 4.69) is 6.92 Å². The van der Waals surface area contributed by atoms with Crippen LogP contribution in [0.1, 0.15) is 58.3 Å². The summed E-state index contributed by atoms with van der Waals surface area (Å²) in [5, 5.41) is 0. The number of esters is 3.